The summed E-state index contributed by atoms with van der Waals surface area (Å²) in [5, 5.41) is 22.5. The lowest BCUT2D eigenvalue weighted by Gasteiger charge is -2.18. The molecule has 0 fully saturated rings. The molecule has 0 aliphatic heterocycles. The molecular weight excluding hydrogens is 378 g/mol. The molecule has 8 heteroatoms. The van der Waals surface area contributed by atoms with Crippen molar-refractivity contribution < 1.29 is 29.2 Å². The quantitative estimate of drug-likeness (QED) is 0.696. The minimum absolute atomic E-state index is 0.142. The first-order valence-corrected chi connectivity index (χ1v) is 9.04. The van der Waals surface area contributed by atoms with Crippen LogP contribution < -0.4 is 25.0 Å². The van der Waals surface area contributed by atoms with Crippen LogP contribution in [0.4, 0.5) is 0 Å². The number of ether oxygens (including phenoxy) is 3. The highest BCUT2D eigenvalue weighted by atomic mass is 16.5. The van der Waals surface area contributed by atoms with Crippen molar-refractivity contribution in [3.8, 4) is 34.1 Å². The number of aryl methyl sites for hydroxylation is 1. The van der Waals surface area contributed by atoms with Crippen molar-refractivity contribution in [3.63, 3.8) is 0 Å². The number of hydrogen-bond donors (Lipinski definition) is 3. The number of amides is 1. The molecule has 0 saturated carbocycles. The molecule has 2 aromatic carbocycles. The van der Waals surface area contributed by atoms with E-state index in [1.54, 1.807) is 18.2 Å². The maximum absolute atomic E-state index is 12.6. The number of methoxy groups -OCH3 is 3. The van der Waals surface area contributed by atoms with Crippen molar-refractivity contribution in [1.82, 2.24) is 5.32 Å². The molecule has 0 heterocycles. The molecule has 2 aromatic rings. The molecule has 1 atom stereocenters. The van der Waals surface area contributed by atoms with Gasteiger partial charge in [0, 0.05) is 5.56 Å². The Morgan fingerprint density at radius 2 is 1.86 bits per heavy atom. The fourth-order valence-corrected chi connectivity index (χ4v) is 3.68. The van der Waals surface area contributed by atoms with Gasteiger partial charge < -0.3 is 29.7 Å². The van der Waals surface area contributed by atoms with Gasteiger partial charge in [-0.15, -0.1) is 0 Å². The van der Waals surface area contributed by atoms with Crippen molar-refractivity contribution >= 4 is 5.91 Å². The van der Waals surface area contributed by atoms with Gasteiger partial charge in [0.25, 0.3) is 0 Å². The minimum Gasteiger partial charge on any atom is -0.502 e. The summed E-state index contributed by atoms with van der Waals surface area (Å²) in [5.41, 5.74) is 2.24. The van der Waals surface area contributed by atoms with Crippen molar-refractivity contribution in [1.29, 1.82) is 0 Å². The van der Waals surface area contributed by atoms with Crippen LogP contribution in [-0.2, 0) is 11.2 Å². The van der Waals surface area contributed by atoms with Gasteiger partial charge in [-0.05, 0) is 47.7 Å². The first-order chi connectivity index (χ1) is 13.9. The summed E-state index contributed by atoms with van der Waals surface area (Å²) in [6.45, 7) is -0.663. The molecule has 1 amide bonds. The Kier molecular flexibility index (Phi) is 5.93. The summed E-state index contributed by atoms with van der Waals surface area (Å²) in [6, 6.07) is 5.84. The Bertz CT molecular complexity index is 1000. The average molecular weight is 401 g/mol. The number of fused-ring (bicyclic) bond motifs is 3. The van der Waals surface area contributed by atoms with E-state index in [-0.39, 0.29) is 28.4 Å². The summed E-state index contributed by atoms with van der Waals surface area (Å²) in [7, 11) is 4.29. The van der Waals surface area contributed by atoms with Crippen LogP contribution in [0.15, 0.2) is 29.1 Å². The van der Waals surface area contributed by atoms with Gasteiger partial charge >= 0.3 is 0 Å². The average Bonchev–Trinajstić information content (AvgIpc) is 2.96. The summed E-state index contributed by atoms with van der Waals surface area (Å²) in [5.74, 6) is -0.0816. The number of phenolic OH excluding ortho intramolecular Hbond substituents is 1. The van der Waals surface area contributed by atoms with Crippen molar-refractivity contribution in [3.05, 3.63) is 45.6 Å². The maximum atomic E-state index is 12.6. The van der Waals surface area contributed by atoms with E-state index in [1.807, 2.05) is 0 Å². The number of rotatable bonds is 5. The lowest BCUT2D eigenvalue weighted by Crippen LogP contribution is -2.31. The number of carbonyl (C=O) groups is 1. The largest absolute Gasteiger partial charge is 0.502 e. The second kappa shape index (κ2) is 8.40. The summed E-state index contributed by atoms with van der Waals surface area (Å²) < 4.78 is 15.9. The molecule has 1 aliphatic carbocycles. The van der Waals surface area contributed by atoms with Crippen LogP contribution in [0, 0.1) is 0 Å². The Labute approximate surface area is 167 Å². The van der Waals surface area contributed by atoms with E-state index in [0.717, 1.165) is 5.56 Å². The van der Waals surface area contributed by atoms with Gasteiger partial charge in [0.1, 0.15) is 6.61 Å². The topological polar surface area (TPSA) is 114 Å². The second-order valence-electron chi connectivity index (χ2n) is 6.59. The minimum atomic E-state index is -0.663. The first kappa shape index (κ1) is 20.5. The summed E-state index contributed by atoms with van der Waals surface area (Å²) >= 11 is 0. The van der Waals surface area contributed by atoms with Crippen LogP contribution in [0.2, 0.25) is 0 Å². The molecule has 3 rings (SSSR count). The molecule has 154 valence electrons. The lowest BCUT2D eigenvalue weighted by molar-refractivity contribution is -0.124. The van der Waals surface area contributed by atoms with Gasteiger partial charge in [-0.25, -0.2) is 0 Å². The number of aromatic hydroxyl groups is 1. The monoisotopic (exact) mass is 401 g/mol. The molecule has 0 radical (unpaired) electrons. The van der Waals surface area contributed by atoms with E-state index in [4.69, 9.17) is 19.3 Å². The van der Waals surface area contributed by atoms with Gasteiger partial charge in [-0.2, -0.15) is 0 Å². The Balaban J connectivity index is 2.36. The Morgan fingerprint density at radius 1 is 1.14 bits per heavy atom. The van der Waals surface area contributed by atoms with Crippen LogP contribution in [-0.4, -0.2) is 44.1 Å². The SMILES string of the molecule is COc1cc2c(c(OC)c1O)-c1ccc(OC)c(=O)cc1[C@@H](NC(=O)CO)CC2. The van der Waals surface area contributed by atoms with E-state index in [2.05, 4.69) is 5.32 Å². The summed E-state index contributed by atoms with van der Waals surface area (Å²) in [6.07, 6.45) is 0.983. The third-order valence-electron chi connectivity index (χ3n) is 5.01. The molecule has 0 spiro atoms. The van der Waals surface area contributed by atoms with E-state index in [0.29, 0.717) is 29.5 Å². The zero-order valence-corrected chi connectivity index (χ0v) is 16.4. The van der Waals surface area contributed by atoms with Gasteiger partial charge in [0.2, 0.25) is 17.1 Å². The molecule has 29 heavy (non-hydrogen) atoms. The number of benzene rings is 1. The van der Waals surface area contributed by atoms with E-state index >= 15 is 0 Å². The normalized spacial score (nSPS) is 14.8. The van der Waals surface area contributed by atoms with E-state index in [1.165, 1.54) is 27.4 Å². The van der Waals surface area contributed by atoms with Crippen LogP contribution >= 0.6 is 0 Å². The fourth-order valence-electron chi connectivity index (χ4n) is 3.68. The number of carbonyl (C=O) groups excluding carboxylic acids is 1. The number of aliphatic hydroxyl groups is 1. The molecule has 1 aliphatic rings. The third-order valence-corrected chi connectivity index (χ3v) is 5.01. The zero-order chi connectivity index (χ0) is 21.1. The van der Waals surface area contributed by atoms with Gasteiger partial charge in [-0.1, -0.05) is 6.07 Å². The predicted octanol–water partition coefficient (Wildman–Crippen LogP) is 1.54. The molecule has 0 unspecified atom stereocenters. The van der Waals surface area contributed by atoms with Crippen molar-refractivity contribution in [2.75, 3.05) is 27.9 Å². The van der Waals surface area contributed by atoms with Crippen LogP contribution in [0.1, 0.15) is 23.6 Å². The highest BCUT2D eigenvalue weighted by Crippen LogP contribution is 2.49. The standard InChI is InChI=1S/C21H23NO7/c1-27-16-7-5-12-13(9-15(16)24)14(22-18(25)10-23)6-4-11-8-17(28-2)20(26)21(29-3)19(11)12/h5,7-9,14,23,26H,4,6,10H2,1-3H3,(H,22,25)/t14-/m0/s1. The molecule has 0 saturated heterocycles. The van der Waals surface area contributed by atoms with Crippen LogP contribution in [0.5, 0.6) is 23.0 Å². The molecule has 0 bridgehead atoms. The van der Waals surface area contributed by atoms with Crippen molar-refractivity contribution in [2.24, 2.45) is 0 Å². The Hall–Kier alpha value is -3.26. The zero-order valence-electron chi connectivity index (χ0n) is 16.4. The summed E-state index contributed by atoms with van der Waals surface area (Å²) in [4.78, 5) is 24.5. The maximum Gasteiger partial charge on any atom is 0.246 e. The van der Waals surface area contributed by atoms with Crippen LogP contribution in [0.3, 0.4) is 0 Å². The van der Waals surface area contributed by atoms with Gasteiger partial charge in [0.15, 0.2) is 17.2 Å². The Morgan fingerprint density at radius 3 is 2.48 bits per heavy atom. The number of hydrogen-bond acceptors (Lipinski definition) is 7. The second-order valence-corrected chi connectivity index (χ2v) is 6.59. The predicted molar refractivity (Wildman–Crippen MR) is 106 cm³/mol. The smallest absolute Gasteiger partial charge is 0.246 e. The van der Waals surface area contributed by atoms with Crippen LogP contribution in [0.25, 0.3) is 11.1 Å². The van der Waals surface area contributed by atoms with Gasteiger partial charge in [0.05, 0.1) is 27.4 Å². The molecule has 3 N–H and O–H groups in total. The van der Waals surface area contributed by atoms with Gasteiger partial charge in [-0.3, -0.25) is 9.59 Å². The number of phenols is 1. The van der Waals surface area contributed by atoms with Crippen molar-refractivity contribution in [2.45, 2.75) is 18.9 Å². The molecular formula is C21H23NO7. The lowest BCUT2D eigenvalue weighted by atomic mass is 9.95. The number of nitrogens with one attached hydrogen (secondary N) is 1. The van der Waals surface area contributed by atoms with E-state index < -0.39 is 18.6 Å². The molecule has 0 aromatic heterocycles. The number of aliphatic hydroxyl groups excluding tert-OH is 1. The fraction of sp³-hybridized carbons (Fsp3) is 0.333. The highest BCUT2D eigenvalue weighted by Gasteiger charge is 2.29. The molecule has 8 nitrogen and oxygen atoms in total. The first-order valence-electron chi connectivity index (χ1n) is 9.04. The van der Waals surface area contributed by atoms with E-state index in [9.17, 15) is 14.7 Å². The third kappa shape index (κ3) is 3.71. The highest BCUT2D eigenvalue weighted by molar-refractivity contribution is 5.83.